The van der Waals surface area contributed by atoms with Crippen molar-refractivity contribution in [2.24, 2.45) is 0 Å². The van der Waals surface area contributed by atoms with Gasteiger partial charge in [0.25, 0.3) is 0 Å². The molecule has 0 saturated heterocycles. The predicted molar refractivity (Wildman–Crippen MR) is 80.1 cm³/mol. The lowest BCUT2D eigenvalue weighted by Gasteiger charge is -2.35. The van der Waals surface area contributed by atoms with Crippen LogP contribution in [0.25, 0.3) is 0 Å². The van der Waals surface area contributed by atoms with E-state index < -0.39 is 5.60 Å². The second-order valence-corrected chi connectivity index (χ2v) is 5.66. The average Bonchev–Trinajstić information content (AvgIpc) is 2.47. The minimum absolute atomic E-state index is 0.223. The first-order valence-electron chi connectivity index (χ1n) is 7.00. The van der Waals surface area contributed by atoms with Crippen LogP contribution >= 0.6 is 0 Å². The van der Waals surface area contributed by atoms with E-state index in [1.807, 2.05) is 19.1 Å². The third-order valence-electron chi connectivity index (χ3n) is 3.73. The van der Waals surface area contributed by atoms with Crippen molar-refractivity contribution in [3.8, 4) is 11.5 Å². The summed E-state index contributed by atoms with van der Waals surface area (Å²) in [6.07, 6.45) is 1.58. The van der Waals surface area contributed by atoms with E-state index in [0.29, 0.717) is 12.3 Å². The number of benzene rings is 2. The highest BCUT2D eigenvalue weighted by Crippen LogP contribution is 2.34. The first kappa shape index (κ1) is 13.7. The van der Waals surface area contributed by atoms with Crippen molar-refractivity contribution in [2.75, 3.05) is 12.3 Å². The van der Waals surface area contributed by atoms with Crippen LogP contribution in [0.1, 0.15) is 18.9 Å². The maximum atomic E-state index is 13.2. The Balaban J connectivity index is 1.68. The number of nitrogens with two attached hydrogens (primary N) is 1. The van der Waals surface area contributed by atoms with Gasteiger partial charge in [-0.05, 0) is 67.8 Å². The Hall–Kier alpha value is -2.23. The van der Waals surface area contributed by atoms with Gasteiger partial charge in [0.05, 0.1) is 0 Å². The largest absolute Gasteiger partial charge is 0.489 e. The van der Waals surface area contributed by atoms with Crippen LogP contribution in [0.4, 0.5) is 10.1 Å². The minimum Gasteiger partial charge on any atom is -0.489 e. The molecule has 1 atom stereocenters. The smallest absolute Gasteiger partial charge is 0.140 e. The molecule has 0 amide bonds. The molecule has 110 valence electrons. The third-order valence-corrected chi connectivity index (χ3v) is 3.73. The Morgan fingerprint density at radius 3 is 2.76 bits per heavy atom. The molecule has 0 aliphatic carbocycles. The maximum Gasteiger partial charge on any atom is 0.140 e. The first-order chi connectivity index (χ1) is 10.0. The lowest BCUT2D eigenvalue weighted by molar-refractivity contribution is 0.0175. The standard InChI is InChI=1S/C17H18FNO2/c1-17(11-20-15-5-3-14(19)4-6-15)9-8-12-10-13(18)2-7-16(12)21-17/h2-7,10H,8-9,11,19H2,1H3. The first-order valence-corrected chi connectivity index (χ1v) is 7.00. The second-order valence-electron chi connectivity index (χ2n) is 5.66. The number of rotatable bonds is 3. The summed E-state index contributed by atoms with van der Waals surface area (Å²) in [5, 5.41) is 0. The van der Waals surface area contributed by atoms with Gasteiger partial charge in [0.15, 0.2) is 0 Å². The molecule has 0 saturated carbocycles. The number of halogens is 1. The van der Waals surface area contributed by atoms with Crippen molar-refractivity contribution in [1.29, 1.82) is 0 Å². The van der Waals surface area contributed by atoms with Crippen LogP contribution in [0.2, 0.25) is 0 Å². The van der Waals surface area contributed by atoms with Gasteiger partial charge in [-0.25, -0.2) is 4.39 Å². The molecular weight excluding hydrogens is 269 g/mol. The molecule has 1 unspecified atom stereocenters. The van der Waals surface area contributed by atoms with E-state index >= 15 is 0 Å². The van der Waals surface area contributed by atoms with Gasteiger partial charge in [-0.15, -0.1) is 0 Å². The summed E-state index contributed by atoms with van der Waals surface area (Å²) >= 11 is 0. The highest BCUT2D eigenvalue weighted by Gasteiger charge is 2.32. The number of hydrogen-bond donors (Lipinski definition) is 1. The van der Waals surface area contributed by atoms with Crippen LogP contribution in [0, 0.1) is 5.82 Å². The van der Waals surface area contributed by atoms with Crippen LogP contribution < -0.4 is 15.2 Å². The van der Waals surface area contributed by atoms with Gasteiger partial charge in [0.2, 0.25) is 0 Å². The van der Waals surface area contributed by atoms with E-state index in [0.717, 1.165) is 29.9 Å². The molecular formula is C17H18FNO2. The Bertz CT molecular complexity index is 642. The van der Waals surface area contributed by atoms with E-state index in [2.05, 4.69) is 0 Å². The van der Waals surface area contributed by atoms with Crippen molar-refractivity contribution in [2.45, 2.75) is 25.4 Å². The molecule has 0 aromatic heterocycles. The van der Waals surface area contributed by atoms with Crippen molar-refractivity contribution in [3.63, 3.8) is 0 Å². The summed E-state index contributed by atoms with van der Waals surface area (Å²) in [5.41, 5.74) is 6.86. The molecule has 21 heavy (non-hydrogen) atoms. The summed E-state index contributed by atoms with van der Waals surface area (Å²) in [5.74, 6) is 1.28. The van der Waals surface area contributed by atoms with E-state index in [1.54, 1.807) is 18.2 Å². The number of anilines is 1. The number of aryl methyl sites for hydroxylation is 1. The Labute approximate surface area is 123 Å². The van der Waals surface area contributed by atoms with Crippen molar-refractivity contribution >= 4 is 5.69 Å². The molecule has 0 spiro atoms. The predicted octanol–water partition coefficient (Wildman–Crippen LogP) is 3.57. The maximum absolute atomic E-state index is 13.2. The summed E-state index contributed by atoms with van der Waals surface area (Å²) < 4.78 is 25.0. The SMILES string of the molecule is CC1(COc2ccc(N)cc2)CCc2cc(F)ccc2O1. The van der Waals surface area contributed by atoms with Crippen molar-refractivity contribution in [1.82, 2.24) is 0 Å². The number of nitrogen functional groups attached to an aromatic ring is 1. The van der Waals surface area contributed by atoms with Gasteiger partial charge in [0.1, 0.15) is 29.5 Å². The fraction of sp³-hybridized carbons (Fsp3) is 0.294. The van der Waals surface area contributed by atoms with Gasteiger partial charge in [-0.3, -0.25) is 0 Å². The van der Waals surface area contributed by atoms with Crippen LogP contribution in [0.15, 0.2) is 42.5 Å². The molecule has 2 aromatic rings. The van der Waals surface area contributed by atoms with E-state index in [1.165, 1.54) is 12.1 Å². The molecule has 1 aliphatic rings. The van der Waals surface area contributed by atoms with Gasteiger partial charge in [0, 0.05) is 5.69 Å². The number of hydrogen-bond acceptors (Lipinski definition) is 3. The Morgan fingerprint density at radius 2 is 2.00 bits per heavy atom. The number of ether oxygens (including phenoxy) is 2. The van der Waals surface area contributed by atoms with E-state index in [-0.39, 0.29) is 5.82 Å². The zero-order chi connectivity index (χ0) is 14.9. The molecule has 1 aliphatic heterocycles. The highest BCUT2D eigenvalue weighted by molar-refractivity contribution is 5.41. The van der Waals surface area contributed by atoms with Gasteiger partial charge < -0.3 is 15.2 Å². The zero-order valence-corrected chi connectivity index (χ0v) is 11.9. The van der Waals surface area contributed by atoms with E-state index in [4.69, 9.17) is 15.2 Å². The monoisotopic (exact) mass is 287 g/mol. The summed E-state index contributed by atoms with van der Waals surface area (Å²) in [6.45, 7) is 2.45. The second kappa shape index (κ2) is 5.28. The fourth-order valence-electron chi connectivity index (χ4n) is 2.46. The van der Waals surface area contributed by atoms with Gasteiger partial charge in [-0.1, -0.05) is 0 Å². The molecule has 0 radical (unpaired) electrons. The normalized spacial score (nSPS) is 20.5. The summed E-state index contributed by atoms with van der Waals surface area (Å²) in [4.78, 5) is 0. The molecule has 2 N–H and O–H groups in total. The molecule has 0 bridgehead atoms. The van der Waals surface area contributed by atoms with Crippen LogP contribution in [0.5, 0.6) is 11.5 Å². The van der Waals surface area contributed by atoms with Crippen molar-refractivity contribution in [3.05, 3.63) is 53.8 Å². The Morgan fingerprint density at radius 1 is 1.24 bits per heavy atom. The Kier molecular flexibility index (Phi) is 3.45. The average molecular weight is 287 g/mol. The molecule has 3 rings (SSSR count). The quantitative estimate of drug-likeness (QED) is 0.878. The highest BCUT2D eigenvalue weighted by atomic mass is 19.1. The molecule has 2 aromatic carbocycles. The van der Waals surface area contributed by atoms with E-state index in [9.17, 15) is 4.39 Å². The molecule has 3 nitrogen and oxygen atoms in total. The fourth-order valence-corrected chi connectivity index (χ4v) is 2.46. The summed E-state index contributed by atoms with van der Waals surface area (Å²) in [6, 6.07) is 11.9. The summed E-state index contributed by atoms with van der Waals surface area (Å²) in [7, 11) is 0. The van der Waals surface area contributed by atoms with Crippen LogP contribution in [-0.4, -0.2) is 12.2 Å². The minimum atomic E-state index is -0.411. The van der Waals surface area contributed by atoms with Crippen molar-refractivity contribution < 1.29 is 13.9 Å². The topological polar surface area (TPSA) is 44.5 Å². The molecule has 0 fully saturated rings. The van der Waals surface area contributed by atoms with Crippen LogP contribution in [0.3, 0.4) is 0 Å². The lowest BCUT2D eigenvalue weighted by atomic mass is 9.93. The molecule has 1 heterocycles. The lowest BCUT2D eigenvalue weighted by Crippen LogP contribution is -2.42. The number of fused-ring (bicyclic) bond motifs is 1. The van der Waals surface area contributed by atoms with Gasteiger partial charge >= 0.3 is 0 Å². The third kappa shape index (κ3) is 3.10. The van der Waals surface area contributed by atoms with Crippen LogP contribution in [-0.2, 0) is 6.42 Å². The zero-order valence-electron chi connectivity index (χ0n) is 11.9. The molecule has 4 heteroatoms. The van der Waals surface area contributed by atoms with Gasteiger partial charge in [-0.2, -0.15) is 0 Å².